The van der Waals surface area contributed by atoms with Crippen LogP contribution in [-0.2, 0) is 14.4 Å². The number of hydrogen-bond donors (Lipinski definition) is 10. The van der Waals surface area contributed by atoms with Crippen LogP contribution >= 0.6 is 0 Å². The molecule has 0 bridgehead atoms. The molecule has 5 aromatic carbocycles. The number of aliphatic hydroxyl groups excluding tert-OH is 6. The zero-order chi connectivity index (χ0) is 56.7. The van der Waals surface area contributed by atoms with Gasteiger partial charge in [0.1, 0.15) is 23.7 Å². The lowest BCUT2D eigenvalue weighted by molar-refractivity contribution is -0.125. The topological polar surface area (TPSA) is 303 Å². The quantitative estimate of drug-likeness (QED) is 0.0674. The molecule has 4 aliphatic rings. The van der Waals surface area contributed by atoms with Crippen LogP contribution in [0.15, 0.2) is 127 Å². The number of hydrogen-bond acceptors (Lipinski definition) is 15. The van der Waals surface area contributed by atoms with Gasteiger partial charge in [0.2, 0.25) is 0 Å². The van der Waals surface area contributed by atoms with Gasteiger partial charge in [-0.15, -0.1) is 0 Å². The van der Waals surface area contributed by atoms with Gasteiger partial charge in [-0.1, -0.05) is 122 Å². The van der Waals surface area contributed by atoms with Crippen LogP contribution in [0.25, 0.3) is 10.8 Å². The fourth-order valence-electron chi connectivity index (χ4n) is 8.25. The molecule has 0 heterocycles. The van der Waals surface area contributed by atoms with Gasteiger partial charge in [0.05, 0.1) is 31.5 Å². The monoisotopic (exact) mass is 1050 g/mol. The molecule has 14 N–H and O–H groups in total. The van der Waals surface area contributed by atoms with Crippen molar-refractivity contribution in [3.8, 4) is 5.75 Å². The molecule has 4 aliphatic carbocycles. The maximum absolute atomic E-state index is 11.4. The van der Waals surface area contributed by atoms with Crippen molar-refractivity contribution in [3.63, 3.8) is 0 Å². The molecule has 0 amide bonds. The number of ketones is 4. The second-order valence-electron chi connectivity index (χ2n) is 20.0. The summed E-state index contributed by atoms with van der Waals surface area (Å²) in [5.41, 5.74) is 25.0. The number of ether oxygens (including phenoxy) is 1. The van der Waals surface area contributed by atoms with Gasteiger partial charge in [-0.25, -0.2) is 0 Å². The average Bonchev–Trinajstić information content (AvgIpc) is 4.22. The smallest absolute Gasteiger partial charge is 0.162 e. The lowest BCUT2D eigenvalue weighted by Crippen LogP contribution is -2.15. The van der Waals surface area contributed by atoms with Crippen molar-refractivity contribution in [2.24, 2.45) is 22.9 Å². The van der Waals surface area contributed by atoms with Gasteiger partial charge in [0, 0.05) is 35.6 Å². The van der Waals surface area contributed by atoms with E-state index in [1.54, 1.807) is 69.5 Å². The summed E-state index contributed by atoms with van der Waals surface area (Å²) in [6, 6.07) is 40.2. The van der Waals surface area contributed by atoms with Crippen molar-refractivity contribution in [2.45, 2.75) is 178 Å². The zero-order valence-electron chi connectivity index (χ0n) is 45.5. The Hall–Kier alpha value is -5.56. The first kappa shape index (κ1) is 66.6. The molecule has 4 saturated carbocycles. The molecule has 0 saturated heterocycles. The van der Waals surface area contributed by atoms with E-state index in [4.69, 9.17) is 48.1 Å². The second kappa shape index (κ2) is 36.5. The van der Waals surface area contributed by atoms with Crippen molar-refractivity contribution in [1.82, 2.24) is 0 Å². The first-order valence-corrected chi connectivity index (χ1v) is 26.4. The molecule has 11 atom stereocenters. The van der Waals surface area contributed by atoms with Gasteiger partial charge in [0.25, 0.3) is 0 Å². The van der Waals surface area contributed by atoms with Crippen LogP contribution in [0.5, 0.6) is 5.75 Å². The summed E-state index contributed by atoms with van der Waals surface area (Å²) < 4.78 is 5.18. The third-order valence-corrected chi connectivity index (χ3v) is 13.1. The largest absolute Gasteiger partial charge is 0.497 e. The zero-order valence-corrected chi connectivity index (χ0v) is 45.5. The van der Waals surface area contributed by atoms with Crippen LogP contribution < -0.4 is 27.7 Å². The van der Waals surface area contributed by atoms with Crippen molar-refractivity contribution in [3.05, 3.63) is 150 Å². The number of benzene rings is 5. The van der Waals surface area contributed by atoms with E-state index in [2.05, 4.69) is 6.07 Å². The minimum absolute atomic E-state index is 0.0403. The molecule has 76 heavy (non-hydrogen) atoms. The van der Waals surface area contributed by atoms with E-state index >= 15 is 0 Å². The number of carbonyl (C=O) groups excluding carboxylic acids is 4. The Kier molecular flexibility index (Phi) is 31.9. The summed E-state index contributed by atoms with van der Waals surface area (Å²) >= 11 is 0. The molecule has 4 fully saturated rings. The summed E-state index contributed by atoms with van der Waals surface area (Å²) in [5.74, 6) is 0.673. The number of fused-ring (bicyclic) bond motifs is 1. The van der Waals surface area contributed by atoms with Crippen LogP contribution in [0, 0.1) is 0 Å². The lowest BCUT2D eigenvalue weighted by atomic mass is 9.95. The van der Waals surface area contributed by atoms with E-state index in [0.29, 0.717) is 11.1 Å². The van der Waals surface area contributed by atoms with Crippen molar-refractivity contribution >= 4 is 33.9 Å². The highest BCUT2D eigenvalue weighted by molar-refractivity contribution is 5.94. The van der Waals surface area contributed by atoms with Crippen molar-refractivity contribution in [2.75, 3.05) is 7.11 Å². The third-order valence-electron chi connectivity index (χ3n) is 13.1. The molecular formula is C61H88N4O11. The minimum atomic E-state index is -0.962. The minimum Gasteiger partial charge on any atom is -0.497 e. The summed E-state index contributed by atoms with van der Waals surface area (Å²) in [4.78, 5) is 43.4. The van der Waals surface area contributed by atoms with E-state index in [1.165, 1.54) is 13.8 Å². The van der Waals surface area contributed by atoms with E-state index in [0.717, 1.165) is 105 Å². The van der Waals surface area contributed by atoms with Crippen LogP contribution in [0.1, 0.15) is 157 Å². The molecule has 418 valence electrons. The highest BCUT2D eigenvalue weighted by atomic mass is 16.5. The first-order chi connectivity index (χ1) is 36.0. The van der Waals surface area contributed by atoms with E-state index in [-0.39, 0.29) is 77.6 Å². The molecule has 5 aromatic rings. The van der Waals surface area contributed by atoms with E-state index in [9.17, 15) is 29.4 Å². The Balaban J connectivity index is 0.000000304. The standard InChI is InChI=1S/C15H16O2.2C9H10O2.C8H8O.4C5H11NO/c1-10(11(2)16)12-4-5-14-9-15(17-3)7-6-13(14)8-12;2*1-7(10)9(11)8-5-3-2-4-6-8;1-7(9)8-5-3-2-4-6-8;4*6-4-1-2-5(7)3-4/h4-10H,1-3H3;2*2-6,9,11H,1H3;2-6H,1H3;4*4-5,7H,1-3,6H2/t10-;;;;2*4-,5+;;/m1...00../s1. The predicted octanol–water partition coefficient (Wildman–Crippen LogP) is 7.48. The highest BCUT2D eigenvalue weighted by Gasteiger charge is 2.21. The first-order valence-electron chi connectivity index (χ1n) is 26.4. The number of methoxy groups -OCH3 is 1. The van der Waals surface area contributed by atoms with Gasteiger partial charge in [0.15, 0.2) is 17.3 Å². The lowest BCUT2D eigenvalue weighted by Gasteiger charge is -2.09. The van der Waals surface area contributed by atoms with Gasteiger partial charge < -0.3 is 58.3 Å². The van der Waals surface area contributed by atoms with Crippen LogP contribution in [0.2, 0.25) is 0 Å². The van der Waals surface area contributed by atoms with Crippen LogP contribution in [-0.4, -0.2) is 109 Å². The number of nitrogens with two attached hydrogens (primary N) is 4. The molecule has 6 unspecified atom stereocenters. The van der Waals surface area contributed by atoms with Gasteiger partial charge in [-0.3, -0.25) is 19.2 Å². The Morgan fingerprint density at radius 2 is 0.776 bits per heavy atom. The summed E-state index contributed by atoms with van der Waals surface area (Å²) in [7, 11) is 1.66. The molecule has 15 nitrogen and oxygen atoms in total. The molecule has 15 heteroatoms. The Morgan fingerprint density at radius 1 is 0.447 bits per heavy atom. The fraction of sp³-hybridized carbons (Fsp3) is 0.475. The molecule has 0 aliphatic heterocycles. The van der Waals surface area contributed by atoms with Gasteiger partial charge in [-0.2, -0.15) is 0 Å². The highest BCUT2D eigenvalue weighted by Crippen LogP contribution is 2.26. The average molecular weight is 1050 g/mol. The fourth-order valence-corrected chi connectivity index (χ4v) is 8.25. The molecular weight excluding hydrogens is 965 g/mol. The van der Waals surface area contributed by atoms with Crippen LogP contribution in [0.4, 0.5) is 0 Å². The SMILES string of the molecule is CC(=O)C(O)c1ccccc1.CC(=O)C(O)c1ccccc1.CC(=O)c1ccccc1.COc1ccc2cc([C@H](C)C(C)=O)ccc2c1.NC1CCC(O)C1.NC1CCC(O)C1.N[C@H]1CC[C@@H](O)C1.N[C@H]1CC[C@@H](O)C1. The molecule has 0 spiro atoms. The Morgan fingerprint density at radius 3 is 1.03 bits per heavy atom. The second-order valence-corrected chi connectivity index (χ2v) is 20.0. The maximum atomic E-state index is 11.4. The predicted molar refractivity (Wildman–Crippen MR) is 302 cm³/mol. The normalized spacial score (nSPS) is 22.9. The molecule has 0 radical (unpaired) electrons. The maximum Gasteiger partial charge on any atom is 0.162 e. The third kappa shape index (κ3) is 27.5. The molecule has 0 aromatic heterocycles. The summed E-state index contributed by atoms with van der Waals surface area (Å²) in [5, 5.41) is 56.0. The Labute approximate surface area is 450 Å². The van der Waals surface area contributed by atoms with Crippen LogP contribution in [0.3, 0.4) is 0 Å². The number of aliphatic hydroxyl groups is 6. The number of carbonyl (C=O) groups is 4. The number of Topliss-reactive ketones (excluding diaryl/α,β-unsaturated/α-hetero) is 4. The molecule has 9 rings (SSSR count). The van der Waals surface area contributed by atoms with E-state index in [1.807, 2.05) is 79.7 Å². The van der Waals surface area contributed by atoms with E-state index < -0.39 is 12.2 Å². The number of rotatable bonds is 8. The van der Waals surface area contributed by atoms with Gasteiger partial charge in [-0.05, 0) is 144 Å². The van der Waals surface area contributed by atoms with Crippen molar-refractivity contribution in [1.29, 1.82) is 0 Å². The van der Waals surface area contributed by atoms with Gasteiger partial charge >= 0.3 is 0 Å². The summed E-state index contributed by atoms with van der Waals surface area (Å²) in [6.45, 7) is 7.88. The summed E-state index contributed by atoms with van der Waals surface area (Å²) in [6.07, 6.45) is 8.51. The Bertz CT molecular complexity index is 2250. The van der Waals surface area contributed by atoms with Crippen molar-refractivity contribution < 1.29 is 54.6 Å².